The van der Waals surface area contributed by atoms with Crippen LogP contribution in [0.25, 0.3) is 0 Å². The zero-order chi connectivity index (χ0) is 18.3. The highest BCUT2D eigenvalue weighted by molar-refractivity contribution is 6.83. The van der Waals surface area contributed by atoms with Gasteiger partial charge in [-0.15, -0.1) is 0 Å². The molecule has 24 heavy (non-hydrogen) atoms. The highest BCUT2D eigenvalue weighted by Crippen LogP contribution is 2.46. The van der Waals surface area contributed by atoms with E-state index in [-0.39, 0.29) is 29.3 Å². The number of carbonyl (C=O) groups is 1. The second-order valence-electron chi connectivity index (χ2n) is 8.36. The fourth-order valence-electron chi connectivity index (χ4n) is 4.01. The quantitative estimate of drug-likeness (QED) is 0.543. The van der Waals surface area contributed by atoms with Crippen molar-refractivity contribution in [3.63, 3.8) is 0 Å². The van der Waals surface area contributed by atoms with Crippen LogP contribution in [0.2, 0.25) is 22.2 Å². The molecule has 2 aliphatic heterocycles. The van der Waals surface area contributed by atoms with Crippen LogP contribution in [-0.2, 0) is 22.5 Å². The van der Waals surface area contributed by atoms with Gasteiger partial charge in [-0.25, -0.2) is 0 Å². The first-order valence-corrected chi connectivity index (χ1v) is 13.2. The summed E-state index contributed by atoms with van der Waals surface area (Å²) in [6.45, 7) is 17.9. The van der Waals surface area contributed by atoms with E-state index in [0.717, 1.165) is 0 Å². The molecule has 7 heteroatoms. The van der Waals surface area contributed by atoms with E-state index < -0.39 is 17.1 Å². The largest absolute Gasteiger partial charge is 0.457 e. The smallest absolute Gasteiger partial charge is 0.335 e. The van der Waals surface area contributed by atoms with E-state index in [9.17, 15) is 4.79 Å². The van der Waals surface area contributed by atoms with Gasteiger partial charge in [-0.3, -0.25) is 4.79 Å². The zero-order valence-corrected chi connectivity index (χ0v) is 18.4. The molecule has 0 bridgehead atoms. The second-order valence-corrected chi connectivity index (χ2v) is 17.2. The molecule has 2 fully saturated rings. The Morgan fingerprint density at radius 2 is 1.33 bits per heavy atom. The van der Waals surface area contributed by atoms with Gasteiger partial charge in [-0.2, -0.15) is 0 Å². The fraction of sp³-hybridized carbons (Fsp3) is 0.941. The van der Waals surface area contributed by atoms with Crippen LogP contribution < -0.4 is 0 Å². The van der Waals surface area contributed by atoms with Crippen LogP contribution in [0.5, 0.6) is 0 Å². The molecule has 2 unspecified atom stereocenters. The first-order valence-electron chi connectivity index (χ1n) is 9.26. The lowest BCUT2D eigenvalue weighted by molar-refractivity contribution is -0.143. The molecule has 0 amide bonds. The van der Waals surface area contributed by atoms with E-state index >= 15 is 0 Å². The lowest BCUT2D eigenvalue weighted by Gasteiger charge is -2.50. The normalized spacial score (nSPS) is 29.8. The number of esters is 1. The molecule has 2 aliphatic rings. The van der Waals surface area contributed by atoms with E-state index in [4.69, 9.17) is 17.7 Å². The van der Waals surface area contributed by atoms with Crippen molar-refractivity contribution in [1.29, 1.82) is 0 Å². The maximum absolute atomic E-state index is 11.8. The number of ether oxygens (including phenoxy) is 1. The average Bonchev–Trinajstić information content (AvgIpc) is 2.77. The topological polar surface area (TPSA) is 54.0 Å². The van der Waals surface area contributed by atoms with Gasteiger partial charge in [0.2, 0.25) is 0 Å². The summed E-state index contributed by atoms with van der Waals surface area (Å²) < 4.78 is 25.7. The predicted molar refractivity (Wildman–Crippen MR) is 98.3 cm³/mol. The van der Waals surface area contributed by atoms with Gasteiger partial charge in [0.05, 0.1) is 19.1 Å². The maximum Gasteiger partial charge on any atom is 0.335 e. The Bertz CT molecular complexity index is 448. The number of rotatable bonds is 4. The number of carbonyl (C=O) groups excluding carboxylic acids is 1. The van der Waals surface area contributed by atoms with Crippen molar-refractivity contribution < 1.29 is 22.5 Å². The summed E-state index contributed by atoms with van der Waals surface area (Å²) in [4.78, 5) is 11.8. The van der Waals surface area contributed by atoms with Crippen molar-refractivity contribution in [2.75, 3.05) is 6.61 Å². The number of hydrogen-bond donors (Lipinski definition) is 0. The molecule has 0 spiro atoms. The molecular formula is C17H34O5Si2. The summed E-state index contributed by atoms with van der Waals surface area (Å²) in [6.07, 6.45) is -0.223. The molecule has 2 rings (SSSR count). The third-order valence-electron chi connectivity index (χ3n) is 5.41. The molecule has 0 aliphatic carbocycles. The lowest BCUT2D eigenvalue weighted by atomic mass is 10.2. The lowest BCUT2D eigenvalue weighted by Crippen LogP contribution is -2.65. The maximum atomic E-state index is 11.8. The Morgan fingerprint density at radius 1 is 0.833 bits per heavy atom. The van der Waals surface area contributed by atoms with E-state index in [1.165, 1.54) is 0 Å². The van der Waals surface area contributed by atoms with Crippen LogP contribution in [-0.4, -0.2) is 41.9 Å². The van der Waals surface area contributed by atoms with Crippen LogP contribution in [0.1, 0.15) is 61.8 Å². The van der Waals surface area contributed by atoms with Crippen molar-refractivity contribution in [3.05, 3.63) is 0 Å². The molecule has 0 saturated carbocycles. The first-order chi connectivity index (χ1) is 11.0. The molecule has 5 nitrogen and oxygen atoms in total. The van der Waals surface area contributed by atoms with Gasteiger partial charge >= 0.3 is 23.1 Å². The fourth-order valence-corrected chi connectivity index (χ4v) is 15.2. The zero-order valence-electron chi connectivity index (χ0n) is 16.4. The standard InChI is InChI=1S/C17H34O5Si2/c1-11(2)23(12(3)4)19-10-16-15(9-17(18)20-16)21-24(22-23,13(5)6)14(7)8/h11-16H,9-10H2,1-8H3. The van der Waals surface area contributed by atoms with Gasteiger partial charge in [0, 0.05) is 0 Å². The summed E-state index contributed by atoms with van der Waals surface area (Å²) in [5.74, 6) is -0.188. The van der Waals surface area contributed by atoms with Crippen molar-refractivity contribution in [1.82, 2.24) is 0 Å². The highest BCUT2D eigenvalue weighted by Gasteiger charge is 2.60. The van der Waals surface area contributed by atoms with Crippen molar-refractivity contribution in [3.8, 4) is 0 Å². The monoisotopic (exact) mass is 374 g/mol. The minimum atomic E-state index is -2.59. The molecule has 0 aromatic carbocycles. The van der Waals surface area contributed by atoms with E-state index in [0.29, 0.717) is 24.1 Å². The number of fused-ring (bicyclic) bond motifs is 1. The second kappa shape index (κ2) is 7.19. The van der Waals surface area contributed by atoms with Gasteiger partial charge in [0.15, 0.2) is 0 Å². The van der Waals surface area contributed by atoms with Crippen LogP contribution >= 0.6 is 0 Å². The minimum Gasteiger partial charge on any atom is -0.457 e. The molecule has 0 aromatic rings. The van der Waals surface area contributed by atoms with Crippen molar-refractivity contribution >= 4 is 23.1 Å². The average molecular weight is 375 g/mol. The van der Waals surface area contributed by atoms with Crippen LogP contribution in [0, 0.1) is 0 Å². The third kappa shape index (κ3) is 3.38. The van der Waals surface area contributed by atoms with Crippen LogP contribution in [0.3, 0.4) is 0 Å². The Labute approximate surface area is 148 Å². The first kappa shape index (κ1) is 20.1. The Kier molecular flexibility index (Phi) is 6.02. The summed E-state index contributed by atoms with van der Waals surface area (Å²) in [5.41, 5.74) is 1.16. The molecule has 0 radical (unpaired) electrons. The molecule has 0 aromatic heterocycles. The molecular weight excluding hydrogens is 340 g/mol. The predicted octanol–water partition coefficient (Wildman–Crippen LogP) is 4.26. The molecule has 2 atom stereocenters. The van der Waals surface area contributed by atoms with Crippen LogP contribution in [0.15, 0.2) is 0 Å². The van der Waals surface area contributed by atoms with Gasteiger partial charge < -0.3 is 17.7 Å². The van der Waals surface area contributed by atoms with Gasteiger partial charge in [0.1, 0.15) is 6.10 Å². The van der Waals surface area contributed by atoms with E-state index in [1.54, 1.807) is 0 Å². The highest BCUT2D eigenvalue weighted by atomic mass is 28.5. The SMILES string of the molecule is CC(C)[Si]1(C(C)C)OCC2OC(=O)CC2O[Si](C(C)C)(C(C)C)O1. The van der Waals surface area contributed by atoms with Gasteiger partial charge in [-0.05, 0) is 22.2 Å². The Hall–Kier alpha value is -0.216. The van der Waals surface area contributed by atoms with Crippen molar-refractivity contribution in [2.24, 2.45) is 0 Å². The van der Waals surface area contributed by atoms with Gasteiger partial charge in [0.25, 0.3) is 0 Å². The summed E-state index contributed by atoms with van der Waals surface area (Å²) in [6, 6.07) is 0. The van der Waals surface area contributed by atoms with Gasteiger partial charge in [-0.1, -0.05) is 55.4 Å². The minimum absolute atomic E-state index is 0.188. The van der Waals surface area contributed by atoms with Crippen molar-refractivity contribution in [2.45, 2.75) is 96.2 Å². The van der Waals surface area contributed by atoms with E-state index in [1.807, 2.05) is 0 Å². The summed E-state index contributed by atoms with van der Waals surface area (Å²) in [7, 11) is -5.11. The summed E-state index contributed by atoms with van der Waals surface area (Å²) in [5, 5.41) is 0. The Morgan fingerprint density at radius 3 is 1.79 bits per heavy atom. The van der Waals surface area contributed by atoms with E-state index in [2.05, 4.69) is 55.4 Å². The summed E-state index contributed by atoms with van der Waals surface area (Å²) >= 11 is 0. The molecule has 2 saturated heterocycles. The Balaban J connectivity index is 2.51. The third-order valence-corrected chi connectivity index (χ3v) is 15.7. The number of hydrogen-bond acceptors (Lipinski definition) is 5. The molecule has 0 N–H and O–H groups in total. The molecule has 140 valence electrons. The van der Waals surface area contributed by atoms with Crippen LogP contribution in [0.4, 0.5) is 0 Å². The molecule has 2 heterocycles.